The van der Waals surface area contributed by atoms with Crippen LogP contribution in [0.5, 0.6) is 0 Å². The average molecular weight is 421 g/mol. The fourth-order valence-electron chi connectivity index (χ4n) is 3.29. The zero-order chi connectivity index (χ0) is 20.9. The Bertz CT molecular complexity index is 788. The van der Waals surface area contributed by atoms with Gasteiger partial charge in [-0.2, -0.15) is 17.5 Å². The molecule has 1 atom stereocenters. The molecule has 158 valence electrons. The van der Waals surface area contributed by atoms with Crippen molar-refractivity contribution in [3.8, 4) is 0 Å². The van der Waals surface area contributed by atoms with E-state index in [-0.39, 0.29) is 25.0 Å². The predicted octanol–water partition coefficient (Wildman–Crippen LogP) is 2.78. The summed E-state index contributed by atoms with van der Waals surface area (Å²) in [5, 5.41) is 6.49. The van der Waals surface area contributed by atoms with Crippen LogP contribution in [0.2, 0.25) is 0 Å². The molecule has 1 fully saturated rings. The third kappa shape index (κ3) is 5.38. The van der Waals surface area contributed by atoms with Crippen molar-refractivity contribution in [2.75, 3.05) is 26.7 Å². The zero-order valence-corrected chi connectivity index (χ0v) is 17.1. The molecule has 10 heteroatoms. The summed E-state index contributed by atoms with van der Waals surface area (Å²) in [4.78, 5) is 4.19. The fourth-order valence-corrected chi connectivity index (χ4v) is 4.28. The number of hydrogen-bond donors (Lipinski definition) is 2. The Morgan fingerprint density at radius 1 is 1.29 bits per heavy atom. The first-order valence-corrected chi connectivity index (χ1v) is 10.6. The highest BCUT2D eigenvalue weighted by atomic mass is 32.2. The van der Waals surface area contributed by atoms with E-state index >= 15 is 0 Å². The van der Waals surface area contributed by atoms with Crippen molar-refractivity contribution in [2.24, 2.45) is 10.9 Å². The van der Waals surface area contributed by atoms with Crippen LogP contribution >= 0.6 is 0 Å². The van der Waals surface area contributed by atoms with Crippen molar-refractivity contribution in [2.45, 2.75) is 38.2 Å². The zero-order valence-electron chi connectivity index (χ0n) is 16.3. The van der Waals surface area contributed by atoms with Crippen molar-refractivity contribution < 1.29 is 21.6 Å². The SMILES string of the molecule is CN=C(NCC1CCN(S(=O)(=O)C(F)(F)F)CC1)NC(C)c1ccccc1C. The van der Waals surface area contributed by atoms with E-state index in [4.69, 9.17) is 0 Å². The first kappa shape index (κ1) is 22.5. The lowest BCUT2D eigenvalue weighted by Gasteiger charge is -2.32. The molecule has 1 aliphatic heterocycles. The third-order valence-electron chi connectivity index (χ3n) is 5.00. The molecule has 0 aromatic heterocycles. The van der Waals surface area contributed by atoms with E-state index in [1.54, 1.807) is 7.05 Å². The molecule has 6 nitrogen and oxygen atoms in total. The molecule has 2 rings (SSSR count). The number of nitrogens with one attached hydrogen (secondary N) is 2. The lowest BCUT2D eigenvalue weighted by Crippen LogP contribution is -2.47. The first-order valence-electron chi connectivity index (χ1n) is 9.15. The molecule has 0 aliphatic carbocycles. The topological polar surface area (TPSA) is 73.8 Å². The van der Waals surface area contributed by atoms with Crippen LogP contribution < -0.4 is 10.6 Å². The van der Waals surface area contributed by atoms with E-state index in [1.807, 2.05) is 38.1 Å². The average Bonchev–Trinajstić information content (AvgIpc) is 2.64. The molecule has 0 amide bonds. The van der Waals surface area contributed by atoms with Gasteiger partial charge in [-0.15, -0.1) is 0 Å². The van der Waals surface area contributed by atoms with Crippen LogP contribution in [0.1, 0.15) is 36.9 Å². The van der Waals surface area contributed by atoms with Crippen molar-refractivity contribution >= 4 is 16.0 Å². The summed E-state index contributed by atoms with van der Waals surface area (Å²) in [7, 11) is -3.58. The number of nitrogens with zero attached hydrogens (tertiary/aromatic N) is 2. The lowest BCUT2D eigenvalue weighted by molar-refractivity contribution is -0.0496. The molecule has 1 aliphatic rings. The Morgan fingerprint density at radius 3 is 2.43 bits per heavy atom. The number of guanidine groups is 1. The fraction of sp³-hybridized carbons (Fsp3) is 0.611. The van der Waals surface area contributed by atoms with Crippen molar-refractivity contribution in [3.05, 3.63) is 35.4 Å². The van der Waals surface area contributed by atoms with E-state index in [1.165, 1.54) is 0 Å². The summed E-state index contributed by atoms with van der Waals surface area (Å²) < 4.78 is 61.4. The van der Waals surface area contributed by atoms with Crippen LogP contribution in [0.3, 0.4) is 0 Å². The molecule has 1 aromatic rings. The van der Waals surface area contributed by atoms with Gasteiger partial charge in [0.2, 0.25) is 0 Å². The second kappa shape index (κ2) is 9.13. The van der Waals surface area contributed by atoms with E-state index in [0.29, 0.717) is 29.7 Å². The van der Waals surface area contributed by atoms with Gasteiger partial charge in [0.15, 0.2) is 5.96 Å². The van der Waals surface area contributed by atoms with Gasteiger partial charge in [0.05, 0.1) is 6.04 Å². The summed E-state index contributed by atoms with van der Waals surface area (Å²) in [6, 6.07) is 8.05. The molecule has 1 saturated heterocycles. The van der Waals surface area contributed by atoms with Crippen LogP contribution in [-0.4, -0.2) is 50.9 Å². The molecular formula is C18H27F3N4O2S. The second-order valence-electron chi connectivity index (χ2n) is 6.97. The third-order valence-corrected chi connectivity index (χ3v) is 6.63. The van der Waals surface area contributed by atoms with Gasteiger partial charge in [-0.3, -0.25) is 4.99 Å². The highest BCUT2D eigenvalue weighted by molar-refractivity contribution is 7.90. The number of hydrogen-bond acceptors (Lipinski definition) is 3. The maximum Gasteiger partial charge on any atom is 0.511 e. The minimum atomic E-state index is -5.24. The Kier molecular flexibility index (Phi) is 7.33. The van der Waals surface area contributed by atoms with Crippen molar-refractivity contribution in [1.29, 1.82) is 0 Å². The second-order valence-corrected chi connectivity index (χ2v) is 8.90. The minimum Gasteiger partial charge on any atom is -0.356 e. The molecule has 0 spiro atoms. The first-order chi connectivity index (χ1) is 13.1. The Morgan fingerprint density at radius 2 is 1.89 bits per heavy atom. The maximum atomic E-state index is 12.6. The number of halogens is 3. The number of aryl methyl sites for hydroxylation is 1. The smallest absolute Gasteiger partial charge is 0.356 e. The quantitative estimate of drug-likeness (QED) is 0.568. The maximum absolute atomic E-state index is 12.6. The Balaban J connectivity index is 1.85. The van der Waals surface area contributed by atoms with Gasteiger partial charge in [-0.25, -0.2) is 8.42 Å². The normalized spacial score (nSPS) is 18.7. The number of sulfonamides is 1. The van der Waals surface area contributed by atoms with Gasteiger partial charge in [-0.05, 0) is 43.7 Å². The predicted molar refractivity (Wildman–Crippen MR) is 103 cm³/mol. The Labute approximate surface area is 164 Å². The highest BCUT2D eigenvalue weighted by Gasteiger charge is 2.50. The molecule has 1 aromatic carbocycles. The van der Waals surface area contributed by atoms with Crippen molar-refractivity contribution in [1.82, 2.24) is 14.9 Å². The number of aliphatic imine (C=N–C) groups is 1. The van der Waals surface area contributed by atoms with Crippen molar-refractivity contribution in [3.63, 3.8) is 0 Å². The van der Waals surface area contributed by atoms with Crippen LogP contribution in [0.15, 0.2) is 29.3 Å². The molecule has 28 heavy (non-hydrogen) atoms. The van der Waals surface area contributed by atoms with Gasteiger partial charge in [0.1, 0.15) is 0 Å². The summed E-state index contributed by atoms with van der Waals surface area (Å²) in [6.07, 6.45) is 0.735. The van der Waals surface area contributed by atoms with Gasteiger partial charge < -0.3 is 10.6 Å². The van der Waals surface area contributed by atoms with Crippen LogP contribution in [0.25, 0.3) is 0 Å². The van der Waals surface area contributed by atoms with E-state index in [2.05, 4.69) is 15.6 Å². The molecule has 2 N–H and O–H groups in total. The lowest BCUT2D eigenvalue weighted by atomic mass is 9.98. The standard InChI is InChI=1S/C18H27F3N4O2S/c1-13-6-4-5-7-16(13)14(2)24-17(22-3)23-12-15-8-10-25(11-9-15)28(26,27)18(19,20)21/h4-7,14-15H,8-12H2,1-3H3,(H2,22,23,24). The molecule has 0 saturated carbocycles. The summed E-state index contributed by atoms with van der Waals surface area (Å²) in [6.45, 7) is 4.32. The van der Waals surface area contributed by atoms with Crippen LogP contribution in [0.4, 0.5) is 13.2 Å². The monoisotopic (exact) mass is 420 g/mol. The summed E-state index contributed by atoms with van der Waals surface area (Å²) in [5.41, 5.74) is -2.93. The molecule has 1 unspecified atom stereocenters. The summed E-state index contributed by atoms with van der Waals surface area (Å²) >= 11 is 0. The number of piperidine rings is 1. The number of rotatable bonds is 5. The van der Waals surface area contributed by atoms with Crippen LogP contribution in [0, 0.1) is 12.8 Å². The van der Waals surface area contributed by atoms with E-state index < -0.39 is 15.5 Å². The Hall–Kier alpha value is -1.81. The summed E-state index contributed by atoms with van der Waals surface area (Å²) in [5.74, 6) is 0.674. The number of benzene rings is 1. The minimum absolute atomic E-state index is 0.0335. The molecule has 0 bridgehead atoms. The van der Waals surface area contributed by atoms with E-state index in [0.717, 1.165) is 11.1 Å². The van der Waals surface area contributed by atoms with Gasteiger partial charge in [0.25, 0.3) is 0 Å². The van der Waals surface area contributed by atoms with Crippen LogP contribution in [-0.2, 0) is 10.0 Å². The molecular weight excluding hydrogens is 393 g/mol. The van der Waals surface area contributed by atoms with Gasteiger partial charge in [-0.1, -0.05) is 24.3 Å². The van der Waals surface area contributed by atoms with Gasteiger partial charge in [0, 0.05) is 26.7 Å². The van der Waals surface area contributed by atoms with Gasteiger partial charge >= 0.3 is 15.5 Å². The highest BCUT2D eigenvalue weighted by Crippen LogP contribution is 2.30. The number of alkyl halides is 3. The largest absolute Gasteiger partial charge is 0.511 e. The molecule has 0 radical (unpaired) electrons. The molecule has 1 heterocycles. The van der Waals surface area contributed by atoms with E-state index in [9.17, 15) is 21.6 Å².